The summed E-state index contributed by atoms with van der Waals surface area (Å²) in [6, 6.07) is -0.916. The van der Waals surface area contributed by atoms with Gasteiger partial charge in [-0.1, -0.05) is 6.58 Å². The first-order valence-electron chi connectivity index (χ1n) is 5.75. The number of hydrogen-bond donors (Lipinski definition) is 3. The van der Waals surface area contributed by atoms with E-state index in [1.165, 1.54) is 6.92 Å². The summed E-state index contributed by atoms with van der Waals surface area (Å²) in [5, 5.41) is 9.21. The van der Waals surface area contributed by atoms with Crippen molar-refractivity contribution in [3.63, 3.8) is 0 Å². The Hall–Kier alpha value is -2.42. The van der Waals surface area contributed by atoms with E-state index in [4.69, 9.17) is 4.74 Å². The lowest BCUT2D eigenvalue weighted by Crippen LogP contribution is -2.46. The van der Waals surface area contributed by atoms with Gasteiger partial charge >= 0.3 is 23.0 Å². The van der Waals surface area contributed by atoms with Crippen molar-refractivity contribution in [2.24, 2.45) is 0 Å². The number of rotatable bonds is 6. The van der Waals surface area contributed by atoms with E-state index in [2.05, 4.69) is 6.58 Å². The van der Waals surface area contributed by atoms with E-state index in [9.17, 15) is 24.3 Å². The molecule has 0 amide bonds. The number of esters is 1. The summed E-state index contributed by atoms with van der Waals surface area (Å²) in [4.78, 5) is 48.8. The van der Waals surface area contributed by atoms with Gasteiger partial charge in [-0.05, 0) is 6.92 Å². The molecule has 0 aliphatic carbocycles. The number of aliphatic hydroxyl groups excluding tert-OH is 1. The number of H-pyrrole nitrogens is 2. The molecule has 0 aliphatic rings. The van der Waals surface area contributed by atoms with Crippen LogP contribution in [0.15, 0.2) is 26.5 Å². The highest BCUT2D eigenvalue weighted by Crippen LogP contribution is 2.06. The van der Waals surface area contributed by atoms with Crippen LogP contribution in [0.4, 0.5) is 0 Å². The maximum absolute atomic E-state index is 11.5. The first kappa shape index (κ1) is 15.6. The fourth-order valence-electron chi connectivity index (χ4n) is 1.48. The second-order valence-electron chi connectivity index (χ2n) is 4.10. The Morgan fingerprint density at radius 3 is 2.35 bits per heavy atom. The van der Waals surface area contributed by atoms with Crippen molar-refractivity contribution in [3.05, 3.63) is 43.6 Å². The molecule has 1 atom stereocenters. The van der Waals surface area contributed by atoms with Crippen LogP contribution in [0.3, 0.4) is 0 Å². The predicted octanol–water partition coefficient (Wildman–Crippen LogP) is -1.73. The summed E-state index contributed by atoms with van der Waals surface area (Å²) in [6.45, 7) is 4.23. The molecule has 1 aromatic rings. The van der Waals surface area contributed by atoms with Gasteiger partial charge in [0.25, 0.3) is 0 Å². The van der Waals surface area contributed by atoms with Crippen LogP contribution in [0.5, 0.6) is 0 Å². The largest absolute Gasteiger partial charge is 0.462 e. The SMILES string of the molecule is C=C(C)C(=O)OCCC(CO)n1c(=O)[nH]c(=O)[nH]c1=O. The second kappa shape index (κ2) is 6.66. The van der Waals surface area contributed by atoms with Crippen molar-refractivity contribution in [2.45, 2.75) is 19.4 Å². The van der Waals surface area contributed by atoms with Crippen molar-refractivity contribution in [2.75, 3.05) is 13.2 Å². The minimum atomic E-state index is -0.941. The van der Waals surface area contributed by atoms with Crippen molar-refractivity contribution >= 4 is 5.97 Å². The standard InChI is InChI=1S/C11H15N3O6/c1-6(2)8(16)20-4-3-7(5-15)14-10(18)12-9(17)13-11(14)19/h7,15H,1,3-5H2,2H3,(H2,12,13,17,18,19). The maximum atomic E-state index is 11.5. The van der Waals surface area contributed by atoms with E-state index in [1.54, 1.807) is 0 Å². The number of aromatic amines is 2. The molecule has 9 heteroatoms. The fraction of sp³-hybridized carbons (Fsp3) is 0.455. The van der Waals surface area contributed by atoms with Gasteiger partial charge in [-0.3, -0.25) is 9.97 Å². The van der Waals surface area contributed by atoms with Gasteiger partial charge in [-0.25, -0.2) is 23.7 Å². The Morgan fingerprint density at radius 2 is 1.90 bits per heavy atom. The van der Waals surface area contributed by atoms with Crippen LogP contribution in [0.1, 0.15) is 19.4 Å². The van der Waals surface area contributed by atoms with Gasteiger partial charge in [0.2, 0.25) is 0 Å². The van der Waals surface area contributed by atoms with Crippen molar-refractivity contribution in [1.82, 2.24) is 14.5 Å². The minimum absolute atomic E-state index is 0.0323. The van der Waals surface area contributed by atoms with Crippen LogP contribution in [0.25, 0.3) is 0 Å². The Kier molecular flexibility index (Phi) is 5.21. The molecule has 3 N–H and O–H groups in total. The van der Waals surface area contributed by atoms with E-state index in [0.29, 0.717) is 4.57 Å². The number of carbonyl (C=O) groups is 1. The zero-order valence-corrected chi connectivity index (χ0v) is 10.8. The molecule has 1 aromatic heterocycles. The Balaban J connectivity index is 2.85. The van der Waals surface area contributed by atoms with Gasteiger partial charge in [0.1, 0.15) is 0 Å². The lowest BCUT2D eigenvalue weighted by Gasteiger charge is -2.15. The molecule has 0 fully saturated rings. The van der Waals surface area contributed by atoms with Gasteiger partial charge in [0.05, 0.1) is 19.3 Å². The molecule has 0 saturated heterocycles. The molecular weight excluding hydrogens is 270 g/mol. The summed E-state index contributed by atoms with van der Waals surface area (Å²) in [5.74, 6) is -0.607. The van der Waals surface area contributed by atoms with E-state index < -0.39 is 35.7 Å². The summed E-state index contributed by atoms with van der Waals surface area (Å²) in [5.41, 5.74) is -2.60. The van der Waals surface area contributed by atoms with E-state index >= 15 is 0 Å². The third-order valence-corrected chi connectivity index (χ3v) is 2.49. The van der Waals surface area contributed by atoms with E-state index in [1.807, 2.05) is 9.97 Å². The Bertz CT molecular complexity index is 633. The highest BCUT2D eigenvalue weighted by atomic mass is 16.5. The average Bonchev–Trinajstić information content (AvgIpc) is 2.35. The minimum Gasteiger partial charge on any atom is -0.462 e. The third kappa shape index (κ3) is 3.79. The predicted molar refractivity (Wildman–Crippen MR) is 68.5 cm³/mol. The molecule has 0 saturated carbocycles. The number of ether oxygens (including phenoxy) is 1. The number of nitrogens with zero attached hydrogens (tertiary/aromatic N) is 1. The number of aromatic nitrogens is 3. The first-order chi connectivity index (χ1) is 9.36. The number of carbonyl (C=O) groups excluding carboxylic acids is 1. The molecule has 1 heterocycles. The summed E-state index contributed by atoms with van der Waals surface area (Å²) in [7, 11) is 0. The molecule has 0 radical (unpaired) electrons. The Morgan fingerprint density at radius 1 is 1.35 bits per heavy atom. The molecule has 110 valence electrons. The van der Waals surface area contributed by atoms with E-state index in [0.717, 1.165) is 0 Å². The van der Waals surface area contributed by atoms with Gasteiger partial charge in [-0.2, -0.15) is 0 Å². The van der Waals surface area contributed by atoms with Crippen LogP contribution in [-0.2, 0) is 9.53 Å². The van der Waals surface area contributed by atoms with Crippen LogP contribution in [-0.4, -0.2) is 38.8 Å². The molecule has 20 heavy (non-hydrogen) atoms. The molecule has 0 aromatic carbocycles. The quantitative estimate of drug-likeness (QED) is 0.420. The molecule has 1 rings (SSSR count). The van der Waals surface area contributed by atoms with Crippen LogP contribution in [0, 0.1) is 0 Å². The first-order valence-corrected chi connectivity index (χ1v) is 5.75. The summed E-state index contributed by atoms with van der Waals surface area (Å²) < 4.78 is 5.47. The van der Waals surface area contributed by atoms with Crippen LogP contribution in [0.2, 0.25) is 0 Å². The molecule has 0 bridgehead atoms. The number of nitrogens with one attached hydrogen (secondary N) is 2. The number of hydrogen-bond acceptors (Lipinski definition) is 6. The highest BCUT2D eigenvalue weighted by Gasteiger charge is 2.16. The van der Waals surface area contributed by atoms with E-state index in [-0.39, 0.29) is 18.6 Å². The van der Waals surface area contributed by atoms with Crippen molar-refractivity contribution < 1.29 is 14.6 Å². The number of aliphatic hydroxyl groups is 1. The molecular formula is C11H15N3O6. The topological polar surface area (TPSA) is 134 Å². The Labute approximate surface area is 112 Å². The lowest BCUT2D eigenvalue weighted by molar-refractivity contribution is -0.139. The zero-order valence-electron chi connectivity index (χ0n) is 10.8. The second-order valence-corrected chi connectivity index (χ2v) is 4.10. The molecule has 1 unspecified atom stereocenters. The summed E-state index contributed by atoms with van der Waals surface area (Å²) in [6.07, 6.45) is 0.0323. The normalized spacial score (nSPS) is 11.9. The summed E-state index contributed by atoms with van der Waals surface area (Å²) >= 11 is 0. The van der Waals surface area contributed by atoms with Crippen molar-refractivity contribution in [3.8, 4) is 0 Å². The van der Waals surface area contributed by atoms with Crippen molar-refractivity contribution in [1.29, 1.82) is 0 Å². The monoisotopic (exact) mass is 285 g/mol. The molecule has 0 spiro atoms. The average molecular weight is 285 g/mol. The smallest absolute Gasteiger partial charge is 0.334 e. The van der Waals surface area contributed by atoms with Crippen LogP contribution < -0.4 is 17.1 Å². The van der Waals surface area contributed by atoms with Crippen LogP contribution >= 0.6 is 0 Å². The van der Waals surface area contributed by atoms with Gasteiger partial charge in [0, 0.05) is 12.0 Å². The fourth-order valence-corrected chi connectivity index (χ4v) is 1.48. The van der Waals surface area contributed by atoms with Gasteiger partial charge < -0.3 is 9.84 Å². The van der Waals surface area contributed by atoms with Gasteiger partial charge in [-0.15, -0.1) is 0 Å². The molecule has 9 nitrogen and oxygen atoms in total. The molecule has 0 aliphatic heterocycles. The lowest BCUT2D eigenvalue weighted by atomic mass is 10.2. The zero-order chi connectivity index (χ0) is 15.3. The third-order valence-electron chi connectivity index (χ3n) is 2.49. The highest BCUT2D eigenvalue weighted by molar-refractivity contribution is 5.86. The maximum Gasteiger partial charge on any atom is 0.334 e. The van der Waals surface area contributed by atoms with Gasteiger partial charge in [0.15, 0.2) is 0 Å².